The Morgan fingerprint density at radius 3 is 2.65 bits per heavy atom. The summed E-state index contributed by atoms with van der Waals surface area (Å²) >= 11 is 0. The lowest BCUT2D eigenvalue weighted by Crippen LogP contribution is -2.31. The smallest absolute Gasteiger partial charge is 0.312 e. The van der Waals surface area contributed by atoms with Crippen molar-refractivity contribution in [3.05, 3.63) is 17.7 Å². The number of ether oxygens (including phenoxy) is 3. The molecule has 0 spiro atoms. The fourth-order valence-electron chi connectivity index (χ4n) is 1.75. The largest absolute Gasteiger partial charge is 0.492 e. The zero-order chi connectivity index (χ0) is 14.8. The highest BCUT2D eigenvalue weighted by Gasteiger charge is 2.29. The number of fused-ring (bicyclic) bond motifs is 1. The van der Waals surface area contributed by atoms with Crippen LogP contribution in [0.3, 0.4) is 0 Å². The Labute approximate surface area is 117 Å². The maximum Gasteiger partial charge on any atom is 0.312 e. The fraction of sp³-hybridized carbons (Fsp3) is 0.500. The SMILES string of the molecule is CNCc1cc2c(cc1OCC(C)(C)C(=O)O)OCO2. The minimum atomic E-state index is -0.951. The molecule has 0 unspecified atom stereocenters. The number of carboxylic acid groups (broad SMARTS) is 1. The molecule has 1 aromatic rings. The Kier molecular flexibility index (Phi) is 4.04. The number of benzene rings is 1. The third kappa shape index (κ3) is 2.96. The molecule has 2 N–H and O–H groups in total. The van der Waals surface area contributed by atoms with Crippen LogP contribution in [0.4, 0.5) is 0 Å². The first-order valence-electron chi connectivity index (χ1n) is 6.37. The molecule has 0 aliphatic carbocycles. The summed E-state index contributed by atoms with van der Waals surface area (Å²) in [4.78, 5) is 11.1. The average molecular weight is 281 g/mol. The van der Waals surface area contributed by atoms with Crippen LogP contribution >= 0.6 is 0 Å². The van der Waals surface area contributed by atoms with Gasteiger partial charge in [0.2, 0.25) is 6.79 Å². The predicted octanol–water partition coefficient (Wildman–Crippen LogP) is 1.62. The molecule has 0 amide bonds. The molecule has 20 heavy (non-hydrogen) atoms. The van der Waals surface area contributed by atoms with Gasteiger partial charge in [0, 0.05) is 18.2 Å². The van der Waals surface area contributed by atoms with Crippen LogP contribution in [0.5, 0.6) is 17.2 Å². The van der Waals surface area contributed by atoms with Crippen molar-refractivity contribution in [1.29, 1.82) is 0 Å². The maximum atomic E-state index is 11.1. The van der Waals surface area contributed by atoms with E-state index < -0.39 is 11.4 Å². The van der Waals surface area contributed by atoms with E-state index in [4.69, 9.17) is 19.3 Å². The molecular weight excluding hydrogens is 262 g/mol. The van der Waals surface area contributed by atoms with Gasteiger partial charge in [0.1, 0.15) is 12.4 Å². The molecule has 0 saturated heterocycles. The van der Waals surface area contributed by atoms with Crippen LogP contribution < -0.4 is 19.5 Å². The zero-order valence-corrected chi connectivity index (χ0v) is 11.9. The number of carboxylic acids is 1. The highest BCUT2D eigenvalue weighted by molar-refractivity contribution is 5.73. The van der Waals surface area contributed by atoms with Gasteiger partial charge in [-0.3, -0.25) is 4.79 Å². The molecule has 1 aliphatic heterocycles. The van der Waals surface area contributed by atoms with Gasteiger partial charge in [-0.05, 0) is 27.0 Å². The Morgan fingerprint density at radius 1 is 1.40 bits per heavy atom. The third-order valence-electron chi connectivity index (χ3n) is 3.09. The van der Waals surface area contributed by atoms with Crippen LogP contribution in [-0.4, -0.2) is 31.5 Å². The van der Waals surface area contributed by atoms with Crippen LogP contribution in [0.2, 0.25) is 0 Å². The Hall–Kier alpha value is -1.95. The van der Waals surface area contributed by atoms with Crippen molar-refractivity contribution in [2.45, 2.75) is 20.4 Å². The summed E-state index contributed by atoms with van der Waals surface area (Å²) in [7, 11) is 1.83. The van der Waals surface area contributed by atoms with E-state index in [1.807, 2.05) is 13.1 Å². The highest BCUT2D eigenvalue weighted by atomic mass is 16.7. The molecule has 110 valence electrons. The van der Waals surface area contributed by atoms with Gasteiger partial charge in [0.05, 0.1) is 5.41 Å². The number of aliphatic carboxylic acids is 1. The molecule has 0 radical (unpaired) electrons. The lowest BCUT2D eigenvalue weighted by atomic mass is 9.95. The predicted molar refractivity (Wildman–Crippen MR) is 72.2 cm³/mol. The monoisotopic (exact) mass is 281 g/mol. The molecule has 1 aromatic carbocycles. The first kappa shape index (κ1) is 14.5. The molecule has 1 heterocycles. The van der Waals surface area contributed by atoms with Gasteiger partial charge < -0.3 is 24.6 Å². The first-order chi connectivity index (χ1) is 9.44. The number of nitrogens with one attached hydrogen (secondary N) is 1. The summed E-state index contributed by atoms with van der Waals surface area (Å²) < 4.78 is 16.3. The van der Waals surface area contributed by atoms with Gasteiger partial charge >= 0.3 is 5.97 Å². The Balaban J connectivity index is 2.20. The number of carbonyl (C=O) groups is 1. The lowest BCUT2D eigenvalue weighted by molar-refractivity contribution is -0.148. The zero-order valence-electron chi connectivity index (χ0n) is 11.9. The van der Waals surface area contributed by atoms with E-state index in [1.54, 1.807) is 19.9 Å². The van der Waals surface area contributed by atoms with Gasteiger partial charge in [-0.15, -0.1) is 0 Å². The second kappa shape index (κ2) is 5.58. The minimum absolute atomic E-state index is 0.0820. The molecule has 6 nitrogen and oxygen atoms in total. The summed E-state index contributed by atoms with van der Waals surface area (Å²) in [5, 5.41) is 12.2. The van der Waals surface area contributed by atoms with E-state index in [2.05, 4.69) is 5.32 Å². The van der Waals surface area contributed by atoms with Gasteiger partial charge in [-0.1, -0.05) is 0 Å². The quantitative estimate of drug-likeness (QED) is 0.825. The Bertz CT molecular complexity index is 513. The van der Waals surface area contributed by atoms with Crippen LogP contribution in [0.1, 0.15) is 19.4 Å². The second-order valence-electron chi connectivity index (χ2n) is 5.32. The van der Waals surface area contributed by atoms with E-state index in [0.29, 0.717) is 23.8 Å². The van der Waals surface area contributed by atoms with E-state index >= 15 is 0 Å². The van der Waals surface area contributed by atoms with Gasteiger partial charge in [-0.2, -0.15) is 0 Å². The van der Waals surface area contributed by atoms with Crippen molar-refractivity contribution in [1.82, 2.24) is 5.32 Å². The van der Waals surface area contributed by atoms with Crippen molar-refractivity contribution in [3.8, 4) is 17.2 Å². The summed E-state index contributed by atoms with van der Waals surface area (Å²) in [6.45, 7) is 4.12. The molecule has 0 fully saturated rings. The Morgan fingerprint density at radius 2 is 2.05 bits per heavy atom. The average Bonchev–Trinajstić information content (AvgIpc) is 2.83. The summed E-state index contributed by atoms with van der Waals surface area (Å²) in [6.07, 6.45) is 0. The molecule has 0 atom stereocenters. The number of hydrogen-bond donors (Lipinski definition) is 2. The van der Waals surface area contributed by atoms with Crippen molar-refractivity contribution in [2.75, 3.05) is 20.4 Å². The normalized spacial score (nSPS) is 13.3. The molecule has 2 rings (SSSR count). The minimum Gasteiger partial charge on any atom is -0.492 e. The van der Waals surface area contributed by atoms with Crippen molar-refractivity contribution >= 4 is 5.97 Å². The summed E-state index contributed by atoms with van der Waals surface area (Å²) in [5.74, 6) is 1.01. The van der Waals surface area contributed by atoms with Crippen molar-refractivity contribution in [3.63, 3.8) is 0 Å². The maximum absolute atomic E-state index is 11.1. The van der Waals surface area contributed by atoms with Crippen molar-refractivity contribution < 1.29 is 24.1 Å². The van der Waals surface area contributed by atoms with Gasteiger partial charge in [0.25, 0.3) is 0 Å². The molecule has 0 aromatic heterocycles. The molecule has 0 saturated carbocycles. The standard InChI is InChI=1S/C14H19NO5/c1-14(2,13(16)17)7-18-10-5-12-11(19-8-20-12)4-9(10)6-15-3/h4-5,15H,6-8H2,1-3H3,(H,16,17). The van der Waals surface area contributed by atoms with E-state index in [9.17, 15) is 4.79 Å². The highest BCUT2D eigenvalue weighted by Crippen LogP contribution is 2.38. The van der Waals surface area contributed by atoms with Crippen LogP contribution in [-0.2, 0) is 11.3 Å². The van der Waals surface area contributed by atoms with E-state index in [0.717, 1.165) is 5.56 Å². The molecular formula is C14H19NO5. The molecule has 0 bridgehead atoms. The number of hydrogen-bond acceptors (Lipinski definition) is 5. The third-order valence-corrected chi connectivity index (χ3v) is 3.09. The summed E-state index contributed by atoms with van der Waals surface area (Å²) in [6, 6.07) is 3.59. The number of rotatable bonds is 6. The van der Waals surface area contributed by atoms with Crippen LogP contribution in [0, 0.1) is 5.41 Å². The van der Waals surface area contributed by atoms with Gasteiger partial charge in [0.15, 0.2) is 11.5 Å². The topological polar surface area (TPSA) is 77.0 Å². The second-order valence-corrected chi connectivity index (χ2v) is 5.32. The fourth-order valence-corrected chi connectivity index (χ4v) is 1.75. The summed E-state index contributed by atoms with van der Waals surface area (Å²) in [5.41, 5.74) is -0.0502. The van der Waals surface area contributed by atoms with Gasteiger partial charge in [-0.25, -0.2) is 0 Å². The van der Waals surface area contributed by atoms with E-state index in [-0.39, 0.29) is 13.4 Å². The van der Waals surface area contributed by atoms with Crippen LogP contribution in [0.15, 0.2) is 12.1 Å². The van der Waals surface area contributed by atoms with E-state index in [1.165, 1.54) is 0 Å². The lowest BCUT2D eigenvalue weighted by Gasteiger charge is -2.21. The molecule has 6 heteroatoms. The molecule has 1 aliphatic rings. The van der Waals surface area contributed by atoms with Crippen molar-refractivity contribution in [2.24, 2.45) is 5.41 Å². The first-order valence-corrected chi connectivity index (χ1v) is 6.37. The van der Waals surface area contributed by atoms with Crippen LogP contribution in [0.25, 0.3) is 0 Å².